The molecule has 200 valence electrons. The van der Waals surface area contributed by atoms with Crippen molar-refractivity contribution in [1.29, 1.82) is 0 Å². The summed E-state index contributed by atoms with van der Waals surface area (Å²) in [6.45, 7) is 0.490. The van der Waals surface area contributed by atoms with Crippen LogP contribution in [0.5, 0.6) is 0 Å². The average molecular weight is 520 g/mol. The molecule has 1 heterocycles. The zero-order chi connectivity index (χ0) is 26.8. The average Bonchev–Trinajstić information content (AvgIpc) is 3.59. The third-order valence-corrected chi connectivity index (χ3v) is 8.92. The summed E-state index contributed by atoms with van der Waals surface area (Å²) in [4.78, 5) is 32.7. The number of nitrogens with zero attached hydrogens (tertiary/aromatic N) is 1. The van der Waals surface area contributed by atoms with Crippen LogP contribution in [-0.4, -0.2) is 34.8 Å². The van der Waals surface area contributed by atoms with Gasteiger partial charge in [-0.2, -0.15) is 0 Å². The van der Waals surface area contributed by atoms with Crippen LogP contribution in [0.3, 0.4) is 0 Å². The zero-order valence-corrected chi connectivity index (χ0v) is 22.7. The molecule has 1 unspecified atom stereocenters. The SMILES string of the molecule is CN(Cc1ccccc1)C(=O)[C@H](Cc1c[nH]c2ccccc12)NC(=O)C1C=CC2=C1C=CCC21CCCCC1. The predicted molar refractivity (Wildman–Crippen MR) is 156 cm³/mol. The van der Waals surface area contributed by atoms with E-state index in [4.69, 9.17) is 0 Å². The van der Waals surface area contributed by atoms with Crippen LogP contribution < -0.4 is 5.32 Å². The van der Waals surface area contributed by atoms with Gasteiger partial charge in [0, 0.05) is 37.1 Å². The molecule has 2 atom stereocenters. The molecular weight excluding hydrogens is 482 g/mol. The Balaban J connectivity index is 1.25. The molecule has 0 aliphatic heterocycles. The van der Waals surface area contributed by atoms with Gasteiger partial charge in [-0.15, -0.1) is 0 Å². The first-order chi connectivity index (χ1) is 19.0. The van der Waals surface area contributed by atoms with Crippen LogP contribution >= 0.6 is 0 Å². The molecule has 5 nitrogen and oxygen atoms in total. The molecule has 3 aliphatic carbocycles. The first-order valence-corrected chi connectivity index (χ1v) is 14.3. The van der Waals surface area contributed by atoms with Crippen LogP contribution in [0.1, 0.15) is 49.7 Å². The summed E-state index contributed by atoms with van der Waals surface area (Å²) in [5, 5.41) is 4.27. The predicted octanol–water partition coefficient (Wildman–Crippen LogP) is 6.25. The Hall–Kier alpha value is -3.86. The molecule has 5 heteroatoms. The van der Waals surface area contributed by atoms with E-state index in [1.165, 1.54) is 37.7 Å². The van der Waals surface area contributed by atoms with Gasteiger partial charge >= 0.3 is 0 Å². The number of aromatic amines is 1. The van der Waals surface area contributed by atoms with Gasteiger partial charge in [0.05, 0.1) is 5.92 Å². The molecule has 2 N–H and O–H groups in total. The van der Waals surface area contributed by atoms with Gasteiger partial charge in [0.1, 0.15) is 6.04 Å². The van der Waals surface area contributed by atoms with Gasteiger partial charge in [0.15, 0.2) is 0 Å². The van der Waals surface area contributed by atoms with Gasteiger partial charge in [-0.25, -0.2) is 0 Å². The van der Waals surface area contributed by atoms with Crippen molar-refractivity contribution < 1.29 is 9.59 Å². The second kappa shape index (κ2) is 10.7. The van der Waals surface area contributed by atoms with Crippen LogP contribution in [0, 0.1) is 11.3 Å². The summed E-state index contributed by atoms with van der Waals surface area (Å²) in [6, 6.07) is 17.4. The van der Waals surface area contributed by atoms with Crippen LogP contribution in [-0.2, 0) is 22.6 Å². The maximum Gasteiger partial charge on any atom is 0.245 e. The Bertz CT molecular complexity index is 1460. The van der Waals surface area contributed by atoms with E-state index >= 15 is 0 Å². The van der Waals surface area contributed by atoms with Crippen molar-refractivity contribution in [3.05, 3.63) is 107 Å². The summed E-state index contributed by atoms with van der Waals surface area (Å²) < 4.78 is 0. The lowest BCUT2D eigenvalue weighted by molar-refractivity contribution is -0.136. The lowest BCUT2D eigenvalue weighted by Gasteiger charge is -2.40. The van der Waals surface area contributed by atoms with Gasteiger partial charge in [0.2, 0.25) is 11.8 Å². The molecule has 1 fully saturated rings. The van der Waals surface area contributed by atoms with E-state index in [0.29, 0.717) is 13.0 Å². The number of nitrogens with one attached hydrogen (secondary N) is 2. The van der Waals surface area contributed by atoms with Gasteiger partial charge in [-0.05, 0) is 53.0 Å². The fourth-order valence-corrected chi connectivity index (χ4v) is 6.87. The molecule has 3 aromatic rings. The number of carbonyl (C=O) groups excluding carboxylic acids is 2. The molecule has 1 aromatic heterocycles. The molecule has 3 aliphatic rings. The summed E-state index contributed by atoms with van der Waals surface area (Å²) in [5.41, 5.74) is 5.77. The maximum atomic E-state index is 13.9. The molecule has 6 rings (SSSR count). The number of H-pyrrole nitrogens is 1. The molecule has 0 bridgehead atoms. The molecule has 0 radical (unpaired) electrons. The maximum absolute atomic E-state index is 13.9. The Kier molecular flexibility index (Phi) is 6.99. The van der Waals surface area contributed by atoms with Crippen molar-refractivity contribution in [2.75, 3.05) is 7.05 Å². The van der Waals surface area contributed by atoms with Crippen molar-refractivity contribution in [3.63, 3.8) is 0 Å². The van der Waals surface area contributed by atoms with E-state index in [9.17, 15) is 9.59 Å². The van der Waals surface area contributed by atoms with Crippen molar-refractivity contribution in [3.8, 4) is 0 Å². The smallest absolute Gasteiger partial charge is 0.245 e. The highest BCUT2D eigenvalue weighted by Crippen LogP contribution is 2.52. The van der Waals surface area contributed by atoms with Crippen molar-refractivity contribution in [2.45, 2.75) is 57.5 Å². The van der Waals surface area contributed by atoms with Crippen LogP contribution in [0.4, 0.5) is 0 Å². The lowest BCUT2D eigenvalue weighted by atomic mass is 9.64. The number of para-hydroxylation sites is 1. The van der Waals surface area contributed by atoms with Gasteiger partial charge in [-0.1, -0.05) is 92.1 Å². The quantitative estimate of drug-likeness (QED) is 0.388. The van der Waals surface area contributed by atoms with Crippen LogP contribution in [0.15, 0.2) is 96.2 Å². The Morgan fingerprint density at radius 1 is 1.03 bits per heavy atom. The second-order valence-electron chi connectivity index (χ2n) is 11.5. The van der Waals surface area contributed by atoms with E-state index in [2.05, 4.69) is 34.6 Å². The molecule has 2 aromatic carbocycles. The number of hydrogen-bond donors (Lipinski definition) is 2. The molecule has 1 saturated carbocycles. The highest BCUT2D eigenvalue weighted by Gasteiger charge is 2.41. The van der Waals surface area contributed by atoms with E-state index < -0.39 is 6.04 Å². The molecular formula is C34H37N3O2. The second-order valence-corrected chi connectivity index (χ2v) is 11.5. The zero-order valence-electron chi connectivity index (χ0n) is 22.7. The van der Waals surface area contributed by atoms with Gasteiger partial charge in [-0.3, -0.25) is 9.59 Å². The van der Waals surface area contributed by atoms with Crippen LogP contribution in [0.25, 0.3) is 10.9 Å². The minimum absolute atomic E-state index is 0.0865. The van der Waals surface area contributed by atoms with Crippen molar-refractivity contribution >= 4 is 22.7 Å². The lowest BCUT2D eigenvalue weighted by Crippen LogP contribution is -2.49. The number of carbonyl (C=O) groups is 2. The van der Waals surface area contributed by atoms with Gasteiger partial charge < -0.3 is 15.2 Å². The number of allylic oxidation sites excluding steroid dienone is 4. The number of fused-ring (bicyclic) bond motifs is 2. The number of likely N-dealkylation sites (N-methyl/N-ethyl adjacent to an activating group) is 1. The molecule has 39 heavy (non-hydrogen) atoms. The van der Waals surface area contributed by atoms with E-state index in [-0.39, 0.29) is 23.1 Å². The monoisotopic (exact) mass is 519 g/mol. The largest absolute Gasteiger partial charge is 0.361 e. The van der Waals surface area contributed by atoms with Crippen LogP contribution in [0.2, 0.25) is 0 Å². The van der Waals surface area contributed by atoms with E-state index in [1.807, 2.05) is 67.9 Å². The summed E-state index contributed by atoms with van der Waals surface area (Å²) in [6.07, 6.45) is 18.3. The Labute approximate surface area is 230 Å². The first-order valence-electron chi connectivity index (χ1n) is 14.3. The van der Waals surface area contributed by atoms with Crippen molar-refractivity contribution in [1.82, 2.24) is 15.2 Å². The number of hydrogen-bond acceptors (Lipinski definition) is 2. The number of benzene rings is 2. The third kappa shape index (κ3) is 4.98. The third-order valence-electron chi connectivity index (χ3n) is 8.92. The van der Waals surface area contributed by atoms with Gasteiger partial charge in [0.25, 0.3) is 0 Å². The molecule has 2 amide bonds. The first kappa shape index (κ1) is 25.4. The van der Waals surface area contributed by atoms with Crippen molar-refractivity contribution in [2.24, 2.45) is 11.3 Å². The highest BCUT2D eigenvalue weighted by atomic mass is 16.2. The topological polar surface area (TPSA) is 65.2 Å². The number of aromatic nitrogens is 1. The fourth-order valence-electron chi connectivity index (χ4n) is 6.87. The fraction of sp³-hybridized carbons (Fsp3) is 0.353. The summed E-state index contributed by atoms with van der Waals surface area (Å²) in [5.74, 6) is -0.537. The van der Waals surface area contributed by atoms with E-state index in [0.717, 1.165) is 34.0 Å². The minimum atomic E-state index is -0.667. The highest BCUT2D eigenvalue weighted by molar-refractivity contribution is 5.92. The van der Waals surface area contributed by atoms with E-state index in [1.54, 1.807) is 4.90 Å². The standard InChI is InChI=1S/C34H37N3O2/c1-37(23-24-11-4-2-5-12-24)33(39)31(21-25-22-35-30-15-7-6-13-26(25)30)36-32(38)28-16-17-29-27(28)14-10-20-34(29)18-8-3-9-19-34/h2,4-7,10-17,22,28,31,35H,3,8-9,18-21,23H2,1H3,(H,36,38)/t28?,31-/m0/s1. The summed E-state index contributed by atoms with van der Waals surface area (Å²) >= 11 is 0. The minimum Gasteiger partial charge on any atom is -0.361 e. The number of amides is 2. The summed E-state index contributed by atoms with van der Waals surface area (Å²) in [7, 11) is 1.82. The number of rotatable bonds is 7. The Morgan fingerprint density at radius 2 is 1.79 bits per heavy atom. The molecule has 1 spiro atoms. The Morgan fingerprint density at radius 3 is 2.62 bits per heavy atom. The molecule has 0 saturated heterocycles. The normalized spacial score (nSPS) is 20.3.